The molecule has 108 valence electrons. The summed E-state index contributed by atoms with van der Waals surface area (Å²) in [6.45, 7) is 6.54. The van der Waals surface area contributed by atoms with Crippen LogP contribution in [0, 0.1) is 0 Å². The van der Waals surface area contributed by atoms with Crippen molar-refractivity contribution in [1.29, 1.82) is 0 Å². The zero-order valence-corrected chi connectivity index (χ0v) is 12.7. The third-order valence-electron chi connectivity index (χ3n) is 5.06. The molecule has 0 aromatic carbocycles. The number of nitrogens with zero attached hydrogens (tertiary/aromatic N) is 1. The average Bonchev–Trinajstić information content (AvgIpc) is 2.75. The number of carbonyl (C=O) groups excluding carboxylic acids is 1. The second-order valence-electron chi connectivity index (χ2n) is 6.33. The first kappa shape index (κ1) is 14.8. The maximum atomic E-state index is 13.0. The second-order valence-corrected chi connectivity index (χ2v) is 6.33. The molecule has 2 rings (SSSR count). The van der Waals surface area contributed by atoms with Gasteiger partial charge in [-0.3, -0.25) is 9.69 Å². The molecule has 0 saturated carbocycles. The molecular weight excluding hydrogens is 234 g/mol. The van der Waals surface area contributed by atoms with Crippen molar-refractivity contribution in [2.75, 3.05) is 13.1 Å². The smallest absolute Gasteiger partial charge is 0.178 e. The predicted molar refractivity (Wildman–Crippen MR) is 80.3 cm³/mol. The zero-order chi connectivity index (χ0) is 13.7. The number of hydrogen-bond donors (Lipinski definition) is 0. The average molecular weight is 263 g/mol. The maximum absolute atomic E-state index is 13.0. The van der Waals surface area contributed by atoms with E-state index < -0.39 is 0 Å². The highest BCUT2D eigenvalue weighted by Crippen LogP contribution is 2.30. The van der Waals surface area contributed by atoms with Gasteiger partial charge in [0.1, 0.15) is 0 Å². The van der Waals surface area contributed by atoms with Gasteiger partial charge in [-0.25, -0.2) is 0 Å². The lowest BCUT2D eigenvalue weighted by Gasteiger charge is -2.42. The molecule has 0 aromatic heterocycles. The van der Waals surface area contributed by atoms with Gasteiger partial charge in [0.15, 0.2) is 5.78 Å². The first-order valence-electron chi connectivity index (χ1n) is 8.17. The van der Waals surface area contributed by atoms with Crippen LogP contribution in [0.1, 0.15) is 71.6 Å². The van der Waals surface area contributed by atoms with Gasteiger partial charge in [-0.1, -0.05) is 25.8 Å². The third-order valence-corrected chi connectivity index (χ3v) is 5.06. The van der Waals surface area contributed by atoms with E-state index in [9.17, 15) is 4.79 Å². The fourth-order valence-electron chi connectivity index (χ4n) is 3.48. The summed E-state index contributed by atoms with van der Waals surface area (Å²) in [5.41, 5.74) is 0.865. The van der Waals surface area contributed by atoms with Gasteiger partial charge in [0.05, 0.1) is 5.54 Å². The van der Waals surface area contributed by atoms with E-state index in [2.05, 4.69) is 24.8 Å². The summed E-state index contributed by atoms with van der Waals surface area (Å²) in [6.07, 6.45) is 12.8. The lowest BCUT2D eigenvalue weighted by atomic mass is 9.84. The minimum absolute atomic E-state index is 0.253. The fraction of sp³-hybridized carbons (Fsp3) is 0.824. The van der Waals surface area contributed by atoms with E-state index in [0.717, 1.165) is 37.9 Å². The number of piperidine rings is 1. The van der Waals surface area contributed by atoms with E-state index in [0.29, 0.717) is 5.78 Å². The topological polar surface area (TPSA) is 20.3 Å². The molecule has 1 aliphatic heterocycles. The van der Waals surface area contributed by atoms with E-state index in [1.54, 1.807) is 0 Å². The summed E-state index contributed by atoms with van der Waals surface area (Å²) < 4.78 is 0. The van der Waals surface area contributed by atoms with Crippen LogP contribution in [0.5, 0.6) is 0 Å². The molecule has 0 amide bonds. The standard InChI is InChI=1S/C17H29NO/c1-3-17(2,18-13-9-6-10-14-18)16(19)15-11-7-4-5-8-12-15/h11H,3-10,12-14H2,1-2H3. The molecular formula is C17H29NO. The van der Waals surface area contributed by atoms with Crippen LogP contribution in [0.15, 0.2) is 11.6 Å². The number of carbonyl (C=O) groups is 1. The van der Waals surface area contributed by atoms with Crippen molar-refractivity contribution >= 4 is 5.78 Å². The highest BCUT2D eigenvalue weighted by atomic mass is 16.1. The van der Waals surface area contributed by atoms with Gasteiger partial charge in [0, 0.05) is 0 Å². The summed E-state index contributed by atoms with van der Waals surface area (Å²) in [6, 6.07) is 0. The van der Waals surface area contributed by atoms with Crippen LogP contribution >= 0.6 is 0 Å². The van der Waals surface area contributed by atoms with Crippen molar-refractivity contribution in [2.45, 2.75) is 77.2 Å². The van der Waals surface area contributed by atoms with Crippen molar-refractivity contribution in [3.8, 4) is 0 Å². The Labute approximate surface area is 118 Å². The van der Waals surface area contributed by atoms with Gasteiger partial charge in [-0.15, -0.1) is 0 Å². The second kappa shape index (κ2) is 6.69. The molecule has 1 aliphatic carbocycles. The van der Waals surface area contributed by atoms with Crippen molar-refractivity contribution < 1.29 is 4.79 Å². The summed E-state index contributed by atoms with van der Waals surface area (Å²) >= 11 is 0. The Morgan fingerprint density at radius 3 is 2.53 bits per heavy atom. The lowest BCUT2D eigenvalue weighted by molar-refractivity contribution is -0.127. The van der Waals surface area contributed by atoms with Gasteiger partial charge < -0.3 is 0 Å². The van der Waals surface area contributed by atoms with Crippen molar-refractivity contribution in [1.82, 2.24) is 4.90 Å². The van der Waals surface area contributed by atoms with Crippen molar-refractivity contribution in [2.24, 2.45) is 0 Å². The molecule has 2 aliphatic rings. The van der Waals surface area contributed by atoms with Crippen molar-refractivity contribution in [3.63, 3.8) is 0 Å². The van der Waals surface area contributed by atoms with E-state index >= 15 is 0 Å². The lowest BCUT2D eigenvalue weighted by Crippen LogP contribution is -2.54. The van der Waals surface area contributed by atoms with Crippen LogP contribution in [0.3, 0.4) is 0 Å². The van der Waals surface area contributed by atoms with Gasteiger partial charge in [0.2, 0.25) is 0 Å². The molecule has 1 fully saturated rings. The quantitative estimate of drug-likeness (QED) is 0.761. The Morgan fingerprint density at radius 1 is 1.16 bits per heavy atom. The molecule has 0 radical (unpaired) electrons. The van der Waals surface area contributed by atoms with Crippen LogP contribution in [-0.2, 0) is 4.79 Å². The monoisotopic (exact) mass is 263 g/mol. The Balaban J connectivity index is 2.14. The van der Waals surface area contributed by atoms with Crippen molar-refractivity contribution in [3.05, 3.63) is 11.6 Å². The van der Waals surface area contributed by atoms with E-state index in [4.69, 9.17) is 0 Å². The highest BCUT2D eigenvalue weighted by molar-refractivity contribution is 6.02. The van der Waals surface area contributed by atoms with Crippen LogP contribution < -0.4 is 0 Å². The molecule has 2 heteroatoms. The number of rotatable bonds is 4. The van der Waals surface area contributed by atoms with Gasteiger partial charge in [0.25, 0.3) is 0 Å². The minimum atomic E-state index is -0.253. The SMILES string of the molecule is CCC(C)(C(=O)C1=CCCCCC1)N1CCCCC1. The Morgan fingerprint density at radius 2 is 1.84 bits per heavy atom. The van der Waals surface area contributed by atoms with Crippen LogP contribution in [0.2, 0.25) is 0 Å². The van der Waals surface area contributed by atoms with Crippen LogP contribution in [0.25, 0.3) is 0 Å². The largest absolute Gasteiger partial charge is 0.292 e. The number of hydrogen-bond acceptors (Lipinski definition) is 2. The number of Topliss-reactive ketones (excluding diaryl/α,β-unsaturated/α-hetero) is 1. The Bertz CT molecular complexity index is 341. The van der Waals surface area contributed by atoms with E-state index in [1.165, 1.54) is 38.5 Å². The first-order chi connectivity index (χ1) is 9.18. The molecule has 0 N–H and O–H groups in total. The summed E-state index contributed by atoms with van der Waals surface area (Å²) in [4.78, 5) is 15.4. The van der Waals surface area contributed by atoms with Gasteiger partial charge >= 0.3 is 0 Å². The molecule has 1 heterocycles. The van der Waals surface area contributed by atoms with E-state index in [-0.39, 0.29) is 5.54 Å². The number of likely N-dealkylation sites (tertiary alicyclic amines) is 1. The van der Waals surface area contributed by atoms with Crippen LogP contribution in [0.4, 0.5) is 0 Å². The first-order valence-corrected chi connectivity index (χ1v) is 8.17. The summed E-state index contributed by atoms with van der Waals surface area (Å²) in [5, 5.41) is 0. The highest BCUT2D eigenvalue weighted by Gasteiger charge is 2.39. The zero-order valence-electron chi connectivity index (χ0n) is 12.7. The summed E-state index contributed by atoms with van der Waals surface area (Å²) in [7, 11) is 0. The molecule has 1 saturated heterocycles. The number of allylic oxidation sites excluding steroid dienone is 1. The molecule has 0 aromatic rings. The minimum Gasteiger partial charge on any atom is -0.292 e. The maximum Gasteiger partial charge on any atom is 0.178 e. The predicted octanol–water partition coefficient (Wildman–Crippen LogP) is 4.10. The Hall–Kier alpha value is -0.630. The molecule has 0 spiro atoms. The molecule has 1 unspecified atom stereocenters. The molecule has 19 heavy (non-hydrogen) atoms. The molecule has 2 nitrogen and oxygen atoms in total. The van der Waals surface area contributed by atoms with Gasteiger partial charge in [-0.2, -0.15) is 0 Å². The van der Waals surface area contributed by atoms with Crippen LogP contribution in [-0.4, -0.2) is 29.3 Å². The normalized spacial score (nSPS) is 25.3. The summed E-state index contributed by atoms with van der Waals surface area (Å²) in [5.74, 6) is 0.416. The molecule has 1 atom stereocenters. The van der Waals surface area contributed by atoms with Gasteiger partial charge in [-0.05, 0) is 70.5 Å². The number of ketones is 1. The van der Waals surface area contributed by atoms with E-state index in [1.807, 2.05) is 0 Å². The molecule has 0 bridgehead atoms. The Kier molecular flexibility index (Phi) is 5.20. The fourth-order valence-corrected chi connectivity index (χ4v) is 3.48. The third kappa shape index (κ3) is 3.28.